The van der Waals surface area contributed by atoms with Crippen LogP contribution in [0.25, 0.3) is 0 Å². The second-order valence-electron chi connectivity index (χ2n) is 5.53. The first-order valence-corrected chi connectivity index (χ1v) is 7.33. The van der Waals surface area contributed by atoms with E-state index in [0.29, 0.717) is 0 Å². The third-order valence-corrected chi connectivity index (χ3v) is 4.42. The average Bonchev–Trinajstić information content (AvgIpc) is 2.54. The van der Waals surface area contributed by atoms with Crippen molar-refractivity contribution in [2.45, 2.75) is 18.9 Å². The predicted octanol–water partition coefficient (Wildman–Crippen LogP) is 3.58. The Balaban J connectivity index is 2.26. The SMILES string of the molecule is C=CC1(c2ccccc2C)NCCc2ccc(OC)cc21. The lowest BCUT2D eigenvalue weighted by Crippen LogP contribution is -2.47. The molecular weight excluding hydrogens is 258 g/mol. The lowest BCUT2D eigenvalue weighted by molar-refractivity contribution is 0.407. The van der Waals surface area contributed by atoms with Crippen LogP contribution in [-0.4, -0.2) is 13.7 Å². The Morgan fingerprint density at radius 3 is 2.71 bits per heavy atom. The molecule has 1 aliphatic rings. The minimum atomic E-state index is -0.340. The lowest BCUT2D eigenvalue weighted by atomic mass is 9.76. The number of fused-ring (bicyclic) bond motifs is 1. The van der Waals surface area contributed by atoms with E-state index in [-0.39, 0.29) is 5.54 Å². The van der Waals surface area contributed by atoms with Gasteiger partial charge in [0.05, 0.1) is 12.6 Å². The summed E-state index contributed by atoms with van der Waals surface area (Å²) in [6.07, 6.45) is 3.05. The van der Waals surface area contributed by atoms with Gasteiger partial charge in [0.2, 0.25) is 0 Å². The maximum absolute atomic E-state index is 5.42. The number of aryl methyl sites for hydroxylation is 1. The number of ether oxygens (including phenoxy) is 1. The molecule has 1 atom stereocenters. The summed E-state index contributed by atoms with van der Waals surface area (Å²) in [6, 6.07) is 14.8. The fourth-order valence-electron chi connectivity index (χ4n) is 3.30. The Labute approximate surface area is 126 Å². The van der Waals surface area contributed by atoms with Gasteiger partial charge in [-0.25, -0.2) is 0 Å². The molecule has 2 aromatic carbocycles. The van der Waals surface area contributed by atoms with Gasteiger partial charge in [-0.3, -0.25) is 0 Å². The molecule has 0 saturated carbocycles. The van der Waals surface area contributed by atoms with Crippen LogP contribution in [0.1, 0.15) is 22.3 Å². The van der Waals surface area contributed by atoms with E-state index in [1.165, 1.54) is 22.3 Å². The van der Waals surface area contributed by atoms with E-state index in [0.717, 1.165) is 18.7 Å². The molecule has 0 aromatic heterocycles. The smallest absolute Gasteiger partial charge is 0.119 e. The summed E-state index contributed by atoms with van der Waals surface area (Å²) in [7, 11) is 1.71. The van der Waals surface area contributed by atoms with E-state index in [2.05, 4.69) is 55.2 Å². The first-order chi connectivity index (χ1) is 10.2. The highest BCUT2D eigenvalue weighted by atomic mass is 16.5. The highest BCUT2D eigenvalue weighted by Crippen LogP contribution is 2.39. The van der Waals surface area contributed by atoms with Crippen molar-refractivity contribution in [2.24, 2.45) is 0 Å². The molecule has 1 aliphatic heterocycles. The van der Waals surface area contributed by atoms with Gasteiger partial charge in [0.1, 0.15) is 5.75 Å². The van der Waals surface area contributed by atoms with Crippen LogP contribution in [0.2, 0.25) is 0 Å². The summed E-state index contributed by atoms with van der Waals surface area (Å²) in [5.74, 6) is 0.886. The standard InChI is InChI=1S/C19H21NO/c1-4-19(17-8-6-5-7-14(17)2)18-13-16(21-3)10-9-15(18)11-12-20-19/h4-10,13,20H,1,11-12H2,2-3H3. The monoisotopic (exact) mass is 279 g/mol. The molecule has 0 radical (unpaired) electrons. The molecule has 3 rings (SSSR count). The van der Waals surface area contributed by atoms with Crippen molar-refractivity contribution in [2.75, 3.05) is 13.7 Å². The third kappa shape index (κ3) is 2.16. The van der Waals surface area contributed by atoms with Crippen LogP contribution in [-0.2, 0) is 12.0 Å². The van der Waals surface area contributed by atoms with Gasteiger partial charge in [-0.15, -0.1) is 6.58 Å². The topological polar surface area (TPSA) is 21.3 Å². The van der Waals surface area contributed by atoms with Gasteiger partial charge in [0.25, 0.3) is 0 Å². The van der Waals surface area contributed by atoms with Crippen LogP contribution in [0.15, 0.2) is 55.1 Å². The molecule has 1 unspecified atom stereocenters. The minimum Gasteiger partial charge on any atom is -0.497 e. The van der Waals surface area contributed by atoms with Crippen LogP contribution >= 0.6 is 0 Å². The first kappa shape index (κ1) is 13.9. The van der Waals surface area contributed by atoms with Crippen molar-refractivity contribution in [1.82, 2.24) is 5.32 Å². The van der Waals surface area contributed by atoms with E-state index in [1.54, 1.807) is 7.11 Å². The minimum absolute atomic E-state index is 0.340. The third-order valence-electron chi connectivity index (χ3n) is 4.42. The number of methoxy groups -OCH3 is 1. The molecule has 108 valence electrons. The second-order valence-corrected chi connectivity index (χ2v) is 5.53. The van der Waals surface area contributed by atoms with Crippen molar-refractivity contribution < 1.29 is 4.74 Å². The Hall–Kier alpha value is -2.06. The van der Waals surface area contributed by atoms with Gasteiger partial charge in [-0.2, -0.15) is 0 Å². The van der Waals surface area contributed by atoms with Crippen molar-refractivity contribution in [3.8, 4) is 5.75 Å². The van der Waals surface area contributed by atoms with Crippen LogP contribution in [0, 0.1) is 6.92 Å². The Bertz CT molecular complexity index is 677. The fraction of sp³-hybridized carbons (Fsp3) is 0.263. The maximum Gasteiger partial charge on any atom is 0.119 e. The zero-order chi connectivity index (χ0) is 14.9. The fourth-order valence-corrected chi connectivity index (χ4v) is 3.30. The van der Waals surface area contributed by atoms with Gasteiger partial charge in [0.15, 0.2) is 0 Å². The van der Waals surface area contributed by atoms with Crippen molar-refractivity contribution in [3.63, 3.8) is 0 Å². The molecule has 0 aliphatic carbocycles. The molecule has 0 spiro atoms. The summed E-state index contributed by atoms with van der Waals surface area (Å²) in [6.45, 7) is 7.22. The Kier molecular flexibility index (Phi) is 3.56. The molecule has 0 amide bonds. The molecule has 2 aromatic rings. The summed E-state index contributed by atoms with van der Waals surface area (Å²) in [5, 5.41) is 3.67. The van der Waals surface area contributed by atoms with E-state index < -0.39 is 0 Å². The van der Waals surface area contributed by atoms with E-state index in [9.17, 15) is 0 Å². The van der Waals surface area contributed by atoms with E-state index >= 15 is 0 Å². The van der Waals surface area contributed by atoms with Crippen LogP contribution in [0.5, 0.6) is 5.75 Å². The summed E-state index contributed by atoms with van der Waals surface area (Å²) in [5.41, 5.74) is 4.79. The zero-order valence-corrected chi connectivity index (χ0v) is 12.6. The molecule has 1 heterocycles. The number of rotatable bonds is 3. The van der Waals surface area contributed by atoms with Crippen LogP contribution in [0.3, 0.4) is 0 Å². The highest BCUT2D eigenvalue weighted by molar-refractivity contribution is 5.53. The molecule has 21 heavy (non-hydrogen) atoms. The summed E-state index contributed by atoms with van der Waals surface area (Å²) >= 11 is 0. The van der Waals surface area contributed by atoms with E-state index in [1.807, 2.05) is 12.1 Å². The molecular formula is C19H21NO. The zero-order valence-electron chi connectivity index (χ0n) is 12.6. The highest BCUT2D eigenvalue weighted by Gasteiger charge is 2.36. The lowest BCUT2D eigenvalue weighted by Gasteiger charge is -2.39. The molecule has 0 bridgehead atoms. The largest absolute Gasteiger partial charge is 0.497 e. The molecule has 0 fully saturated rings. The quantitative estimate of drug-likeness (QED) is 0.867. The van der Waals surface area contributed by atoms with Crippen LogP contribution in [0.4, 0.5) is 0 Å². The van der Waals surface area contributed by atoms with Gasteiger partial charge < -0.3 is 10.1 Å². The van der Waals surface area contributed by atoms with Gasteiger partial charge >= 0.3 is 0 Å². The molecule has 1 N–H and O–H groups in total. The first-order valence-electron chi connectivity index (χ1n) is 7.33. The van der Waals surface area contributed by atoms with Gasteiger partial charge in [-0.1, -0.05) is 36.4 Å². The van der Waals surface area contributed by atoms with Gasteiger partial charge in [0, 0.05) is 6.54 Å². The predicted molar refractivity (Wildman–Crippen MR) is 86.9 cm³/mol. The van der Waals surface area contributed by atoms with Crippen molar-refractivity contribution in [1.29, 1.82) is 0 Å². The number of hydrogen-bond acceptors (Lipinski definition) is 2. The molecule has 0 saturated heterocycles. The molecule has 2 nitrogen and oxygen atoms in total. The Morgan fingerprint density at radius 1 is 1.19 bits per heavy atom. The molecule has 2 heteroatoms. The summed E-state index contributed by atoms with van der Waals surface area (Å²) < 4.78 is 5.42. The number of nitrogens with one attached hydrogen (secondary N) is 1. The summed E-state index contributed by atoms with van der Waals surface area (Å²) in [4.78, 5) is 0. The maximum atomic E-state index is 5.42. The van der Waals surface area contributed by atoms with E-state index in [4.69, 9.17) is 4.74 Å². The van der Waals surface area contributed by atoms with Crippen LogP contribution < -0.4 is 10.1 Å². The van der Waals surface area contributed by atoms with Crippen molar-refractivity contribution >= 4 is 0 Å². The van der Waals surface area contributed by atoms with Gasteiger partial charge in [-0.05, 0) is 47.7 Å². The number of benzene rings is 2. The second kappa shape index (κ2) is 5.38. The normalized spacial score (nSPS) is 20.7. The number of hydrogen-bond donors (Lipinski definition) is 1. The van der Waals surface area contributed by atoms with Crippen molar-refractivity contribution in [3.05, 3.63) is 77.4 Å². The Morgan fingerprint density at radius 2 is 2.00 bits per heavy atom. The average molecular weight is 279 g/mol.